The van der Waals surface area contributed by atoms with Gasteiger partial charge in [-0.25, -0.2) is 8.42 Å². The highest BCUT2D eigenvalue weighted by Gasteiger charge is 2.25. The monoisotopic (exact) mass is 308 g/mol. The smallest absolute Gasteiger partial charge is 0.265 e. The molecule has 21 heavy (non-hydrogen) atoms. The Morgan fingerprint density at radius 1 is 1.29 bits per heavy atom. The lowest BCUT2D eigenvalue weighted by Gasteiger charge is -2.22. The Labute approximate surface area is 125 Å². The SMILES string of the molecule is CCN(c1cccc(C)c1)S(=O)(=O)c1cc(CO)n(C)c1. The van der Waals surface area contributed by atoms with Crippen LogP contribution in [-0.2, 0) is 23.7 Å². The van der Waals surface area contributed by atoms with Crippen LogP contribution in [0.15, 0.2) is 41.4 Å². The van der Waals surface area contributed by atoms with Crippen molar-refractivity contribution in [2.24, 2.45) is 7.05 Å². The first-order valence-corrected chi connectivity index (χ1v) is 8.19. The minimum Gasteiger partial charge on any atom is -0.390 e. The molecule has 0 aliphatic rings. The summed E-state index contributed by atoms with van der Waals surface area (Å²) < 4.78 is 28.6. The molecule has 6 heteroatoms. The first kappa shape index (κ1) is 15.6. The summed E-state index contributed by atoms with van der Waals surface area (Å²) in [4.78, 5) is 0.192. The molecule has 0 spiro atoms. The van der Waals surface area contributed by atoms with E-state index in [9.17, 15) is 13.5 Å². The topological polar surface area (TPSA) is 62.5 Å². The number of nitrogens with zero attached hydrogens (tertiary/aromatic N) is 2. The maximum Gasteiger partial charge on any atom is 0.265 e. The van der Waals surface area contributed by atoms with E-state index in [2.05, 4.69) is 0 Å². The van der Waals surface area contributed by atoms with Crippen LogP contribution in [0.4, 0.5) is 5.69 Å². The molecule has 2 aromatic rings. The van der Waals surface area contributed by atoms with Gasteiger partial charge in [-0.05, 0) is 37.6 Å². The third-order valence-electron chi connectivity index (χ3n) is 3.41. The summed E-state index contributed by atoms with van der Waals surface area (Å²) in [5.41, 5.74) is 2.21. The molecule has 0 saturated carbocycles. The van der Waals surface area contributed by atoms with E-state index in [0.717, 1.165) is 5.56 Å². The summed E-state index contributed by atoms with van der Waals surface area (Å²) in [5.74, 6) is 0. The van der Waals surface area contributed by atoms with Gasteiger partial charge in [0.2, 0.25) is 0 Å². The molecule has 1 N–H and O–H groups in total. The second-order valence-corrected chi connectivity index (χ2v) is 6.81. The maximum absolute atomic E-state index is 12.8. The molecule has 0 radical (unpaired) electrons. The van der Waals surface area contributed by atoms with Gasteiger partial charge in [-0.3, -0.25) is 4.31 Å². The van der Waals surface area contributed by atoms with Crippen LogP contribution in [0.1, 0.15) is 18.2 Å². The van der Waals surface area contributed by atoms with Crippen molar-refractivity contribution in [3.05, 3.63) is 47.8 Å². The Balaban J connectivity index is 2.49. The highest BCUT2D eigenvalue weighted by Crippen LogP contribution is 2.25. The molecule has 1 aromatic carbocycles. The van der Waals surface area contributed by atoms with Crippen molar-refractivity contribution < 1.29 is 13.5 Å². The standard InChI is InChI=1S/C15H20N2O3S/c1-4-17(13-7-5-6-12(2)8-13)21(19,20)15-9-14(11-18)16(3)10-15/h5-10,18H,4,11H2,1-3H3. The van der Waals surface area contributed by atoms with E-state index in [4.69, 9.17) is 0 Å². The minimum atomic E-state index is -3.63. The van der Waals surface area contributed by atoms with E-state index in [1.165, 1.54) is 16.6 Å². The predicted molar refractivity (Wildman–Crippen MR) is 82.7 cm³/mol. The van der Waals surface area contributed by atoms with Gasteiger partial charge < -0.3 is 9.67 Å². The Kier molecular flexibility index (Phi) is 4.39. The Bertz CT molecular complexity index is 735. The number of aliphatic hydroxyl groups excluding tert-OH is 1. The summed E-state index contributed by atoms with van der Waals surface area (Å²) in [6, 6.07) is 8.90. The predicted octanol–water partition coefficient (Wildman–Crippen LogP) is 2.04. The fourth-order valence-corrected chi connectivity index (χ4v) is 3.84. The van der Waals surface area contributed by atoms with Gasteiger partial charge in [0, 0.05) is 25.5 Å². The lowest BCUT2D eigenvalue weighted by Crippen LogP contribution is -2.30. The van der Waals surface area contributed by atoms with Crippen LogP contribution in [0.5, 0.6) is 0 Å². The number of hydrogen-bond donors (Lipinski definition) is 1. The normalized spacial score (nSPS) is 11.6. The van der Waals surface area contributed by atoms with Crippen LogP contribution < -0.4 is 4.31 Å². The lowest BCUT2D eigenvalue weighted by molar-refractivity contribution is 0.272. The summed E-state index contributed by atoms with van der Waals surface area (Å²) >= 11 is 0. The van der Waals surface area contributed by atoms with Gasteiger partial charge in [0.15, 0.2) is 0 Å². The highest BCUT2D eigenvalue weighted by atomic mass is 32.2. The van der Waals surface area contributed by atoms with E-state index in [1.807, 2.05) is 25.1 Å². The van der Waals surface area contributed by atoms with Gasteiger partial charge in [-0.15, -0.1) is 0 Å². The zero-order chi connectivity index (χ0) is 15.6. The average Bonchev–Trinajstić information content (AvgIpc) is 2.81. The van der Waals surface area contributed by atoms with Crippen molar-refractivity contribution in [2.45, 2.75) is 25.3 Å². The molecule has 114 valence electrons. The van der Waals surface area contributed by atoms with Crippen LogP contribution >= 0.6 is 0 Å². The van der Waals surface area contributed by atoms with E-state index >= 15 is 0 Å². The molecule has 2 rings (SSSR count). The number of rotatable bonds is 5. The van der Waals surface area contributed by atoms with Crippen LogP contribution in [0.3, 0.4) is 0 Å². The van der Waals surface area contributed by atoms with Crippen molar-refractivity contribution in [3.63, 3.8) is 0 Å². The van der Waals surface area contributed by atoms with Gasteiger partial charge >= 0.3 is 0 Å². The molecule has 5 nitrogen and oxygen atoms in total. The number of aryl methyl sites for hydroxylation is 2. The van der Waals surface area contributed by atoms with Crippen LogP contribution in [0, 0.1) is 6.92 Å². The summed E-state index contributed by atoms with van der Waals surface area (Å²) in [5, 5.41) is 9.22. The summed E-state index contributed by atoms with van der Waals surface area (Å²) in [7, 11) is -1.92. The van der Waals surface area contributed by atoms with E-state index in [0.29, 0.717) is 17.9 Å². The third kappa shape index (κ3) is 2.96. The maximum atomic E-state index is 12.8. The van der Waals surface area contributed by atoms with Crippen LogP contribution in [-0.4, -0.2) is 24.6 Å². The number of sulfonamides is 1. The molecule has 1 aromatic heterocycles. The van der Waals surface area contributed by atoms with Gasteiger partial charge in [-0.2, -0.15) is 0 Å². The molecule has 0 amide bonds. The third-order valence-corrected chi connectivity index (χ3v) is 5.28. The molecule has 0 saturated heterocycles. The van der Waals surface area contributed by atoms with Crippen molar-refractivity contribution >= 4 is 15.7 Å². The number of aromatic nitrogens is 1. The van der Waals surface area contributed by atoms with Crippen molar-refractivity contribution in [1.82, 2.24) is 4.57 Å². The number of aliphatic hydroxyl groups is 1. The first-order valence-electron chi connectivity index (χ1n) is 6.75. The van der Waals surface area contributed by atoms with Gasteiger partial charge in [-0.1, -0.05) is 12.1 Å². The van der Waals surface area contributed by atoms with E-state index in [1.54, 1.807) is 24.6 Å². The average molecular weight is 308 g/mol. The van der Waals surface area contributed by atoms with Crippen molar-refractivity contribution in [2.75, 3.05) is 10.8 Å². The Morgan fingerprint density at radius 2 is 2.00 bits per heavy atom. The summed E-state index contributed by atoms with van der Waals surface area (Å²) in [6.45, 7) is 3.88. The Hall–Kier alpha value is -1.79. The summed E-state index contributed by atoms with van der Waals surface area (Å²) in [6.07, 6.45) is 1.53. The first-order chi connectivity index (χ1) is 9.90. The highest BCUT2D eigenvalue weighted by molar-refractivity contribution is 7.92. The number of hydrogen-bond acceptors (Lipinski definition) is 3. The molecule has 0 aliphatic heterocycles. The minimum absolute atomic E-state index is 0.192. The fourth-order valence-electron chi connectivity index (χ4n) is 2.28. The largest absolute Gasteiger partial charge is 0.390 e. The van der Waals surface area contributed by atoms with Crippen LogP contribution in [0.2, 0.25) is 0 Å². The zero-order valence-corrected chi connectivity index (χ0v) is 13.3. The van der Waals surface area contributed by atoms with Crippen LogP contribution in [0.25, 0.3) is 0 Å². The number of anilines is 1. The van der Waals surface area contributed by atoms with E-state index in [-0.39, 0.29) is 11.5 Å². The molecule has 0 bridgehead atoms. The van der Waals surface area contributed by atoms with Crippen molar-refractivity contribution in [1.29, 1.82) is 0 Å². The van der Waals surface area contributed by atoms with E-state index < -0.39 is 10.0 Å². The van der Waals surface area contributed by atoms with Gasteiger partial charge in [0.25, 0.3) is 10.0 Å². The van der Waals surface area contributed by atoms with Gasteiger partial charge in [0.1, 0.15) is 4.90 Å². The lowest BCUT2D eigenvalue weighted by atomic mass is 10.2. The Morgan fingerprint density at radius 3 is 2.52 bits per heavy atom. The molecular weight excluding hydrogens is 288 g/mol. The second-order valence-electron chi connectivity index (χ2n) is 4.94. The molecule has 0 unspecified atom stereocenters. The molecule has 1 heterocycles. The zero-order valence-electron chi connectivity index (χ0n) is 12.4. The fraction of sp³-hybridized carbons (Fsp3) is 0.333. The van der Waals surface area contributed by atoms with Crippen molar-refractivity contribution in [3.8, 4) is 0 Å². The molecular formula is C15H20N2O3S. The number of benzene rings is 1. The van der Waals surface area contributed by atoms with Gasteiger partial charge in [0.05, 0.1) is 12.3 Å². The second kappa shape index (κ2) is 5.91. The quantitative estimate of drug-likeness (QED) is 0.919. The molecule has 0 aliphatic carbocycles. The molecule has 0 atom stereocenters. The molecule has 0 fully saturated rings.